The van der Waals surface area contributed by atoms with Crippen molar-refractivity contribution < 1.29 is 8.78 Å². The molecule has 4 nitrogen and oxygen atoms in total. The van der Waals surface area contributed by atoms with Gasteiger partial charge in [0.25, 0.3) is 0 Å². The van der Waals surface area contributed by atoms with Gasteiger partial charge in [0.2, 0.25) is 0 Å². The maximum Gasteiger partial charge on any atom is 0.169 e. The molecule has 0 saturated heterocycles. The lowest BCUT2D eigenvalue weighted by atomic mass is 10.2. The Morgan fingerprint density at radius 1 is 1.41 bits per heavy atom. The van der Waals surface area contributed by atoms with Gasteiger partial charge in [0.1, 0.15) is 11.6 Å². The molecule has 1 heterocycles. The number of nitrogens with zero attached hydrogens (tertiary/aromatic N) is 4. The minimum atomic E-state index is -0.631. The summed E-state index contributed by atoms with van der Waals surface area (Å²) in [6.45, 7) is 1.83. The van der Waals surface area contributed by atoms with Crippen molar-refractivity contribution in [3.8, 4) is 0 Å². The first kappa shape index (κ1) is 11.9. The number of aromatic nitrogens is 4. The number of tetrazole rings is 1. The van der Waals surface area contributed by atoms with Crippen molar-refractivity contribution in [2.24, 2.45) is 0 Å². The highest BCUT2D eigenvalue weighted by molar-refractivity contribution is 6.20. The van der Waals surface area contributed by atoms with Crippen LogP contribution in [0, 0.1) is 11.6 Å². The van der Waals surface area contributed by atoms with Gasteiger partial charge in [0.05, 0.1) is 11.9 Å². The molecular formula is C10H9ClF2N4. The zero-order valence-electron chi connectivity index (χ0n) is 8.94. The van der Waals surface area contributed by atoms with Crippen LogP contribution in [0.15, 0.2) is 18.2 Å². The van der Waals surface area contributed by atoms with E-state index in [1.807, 2.05) is 0 Å². The summed E-state index contributed by atoms with van der Waals surface area (Å²) >= 11 is 5.86. The van der Waals surface area contributed by atoms with Crippen molar-refractivity contribution in [2.45, 2.75) is 18.8 Å². The first-order chi connectivity index (χ1) is 8.08. The Hall–Kier alpha value is -1.56. The molecule has 0 spiro atoms. The maximum absolute atomic E-state index is 13.4. The van der Waals surface area contributed by atoms with Crippen LogP contribution in [0.25, 0.3) is 0 Å². The van der Waals surface area contributed by atoms with Crippen molar-refractivity contribution in [1.82, 2.24) is 20.2 Å². The fourth-order valence-electron chi connectivity index (χ4n) is 1.42. The summed E-state index contributed by atoms with van der Waals surface area (Å²) in [6.07, 6.45) is 0. The molecule has 0 bridgehead atoms. The van der Waals surface area contributed by atoms with E-state index in [0.29, 0.717) is 11.4 Å². The predicted molar refractivity (Wildman–Crippen MR) is 57.5 cm³/mol. The van der Waals surface area contributed by atoms with E-state index in [2.05, 4.69) is 15.5 Å². The summed E-state index contributed by atoms with van der Waals surface area (Å²) < 4.78 is 27.5. The Labute approximate surface area is 101 Å². The highest BCUT2D eigenvalue weighted by atomic mass is 35.5. The van der Waals surface area contributed by atoms with E-state index in [0.717, 1.165) is 6.07 Å². The van der Waals surface area contributed by atoms with E-state index in [-0.39, 0.29) is 11.9 Å². The first-order valence-corrected chi connectivity index (χ1v) is 5.35. The van der Waals surface area contributed by atoms with Crippen LogP contribution in [0.5, 0.6) is 0 Å². The summed E-state index contributed by atoms with van der Waals surface area (Å²) in [6, 6.07) is 3.37. The number of halogens is 3. The third-order valence-corrected chi connectivity index (χ3v) is 2.45. The zero-order valence-corrected chi connectivity index (χ0v) is 9.70. The Bertz CT molecular complexity index is 527. The van der Waals surface area contributed by atoms with Gasteiger partial charge in [-0.05, 0) is 23.4 Å². The van der Waals surface area contributed by atoms with Crippen LogP contribution in [-0.2, 0) is 6.54 Å². The molecule has 1 aromatic heterocycles. The van der Waals surface area contributed by atoms with E-state index >= 15 is 0 Å². The van der Waals surface area contributed by atoms with Crippen LogP contribution < -0.4 is 0 Å². The largest absolute Gasteiger partial charge is 0.224 e. The molecular weight excluding hydrogens is 250 g/mol. The van der Waals surface area contributed by atoms with Crippen molar-refractivity contribution in [3.05, 3.63) is 41.2 Å². The van der Waals surface area contributed by atoms with Gasteiger partial charge < -0.3 is 0 Å². The quantitative estimate of drug-likeness (QED) is 0.794. The number of hydrogen-bond acceptors (Lipinski definition) is 3. The summed E-state index contributed by atoms with van der Waals surface area (Å²) in [5, 5.41) is 10.5. The Morgan fingerprint density at radius 2 is 2.18 bits per heavy atom. The van der Waals surface area contributed by atoms with Gasteiger partial charge in [-0.25, -0.2) is 13.5 Å². The van der Waals surface area contributed by atoms with Gasteiger partial charge in [0.15, 0.2) is 5.82 Å². The van der Waals surface area contributed by atoms with Crippen LogP contribution in [0.1, 0.15) is 23.7 Å². The molecule has 1 unspecified atom stereocenters. The second kappa shape index (κ2) is 4.75. The smallest absolute Gasteiger partial charge is 0.169 e. The average Bonchev–Trinajstić information content (AvgIpc) is 2.70. The van der Waals surface area contributed by atoms with Gasteiger partial charge in [-0.3, -0.25) is 0 Å². The zero-order chi connectivity index (χ0) is 12.4. The van der Waals surface area contributed by atoms with Gasteiger partial charge in [-0.1, -0.05) is 6.07 Å². The Morgan fingerprint density at radius 3 is 2.82 bits per heavy atom. The number of rotatable bonds is 3. The van der Waals surface area contributed by atoms with E-state index in [4.69, 9.17) is 11.6 Å². The molecule has 0 amide bonds. The van der Waals surface area contributed by atoms with E-state index in [9.17, 15) is 8.78 Å². The van der Waals surface area contributed by atoms with Gasteiger partial charge in [-0.2, -0.15) is 0 Å². The fraction of sp³-hybridized carbons (Fsp3) is 0.300. The molecule has 1 aromatic carbocycles. The van der Waals surface area contributed by atoms with E-state index in [1.54, 1.807) is 6.92 Å². The fourth-order valence-corrected chi connectivity index (χ4v) is 1.58. The molecule has 0 radical (unpaired) electrons. The van der Waals surface area contributed by atoms with Crippen molar-refractivity contribution in [3.63, 3.8) is 0 Å². The van der Waals surface area contributed by atoms with Crippen molar-refractivity contribution >= 4 is 11.6 Å². The van der Waals surface area contributed by atoms with Crippen LogP contribution in [0.2, 0.25) is 0 Å². The standard InChI is InChI=1S/C10H9ClF2N4/c1-6(11)10-14-15-16-17(10)5-7-2-3-8(12)4-9(7)13/h2-4,6H,5H2,1H3. The van der Waals surface area contributed by atoms with Gasteiger partial charge in [-0.15, -0.1) is 16.7 Å². The average molecular weight is 259 g/mol. The third kappa shape index (κ3) is 2.58. The Kier molecular flexibility index (Phi) is 3.33. The minimum Gasteiger partial charge on any atom is -0.224 e. The highest BCUT2D eigenvalue weighted by Gasteiger charge is 2.13. The molecule has 17 heavy (non-hydrogen) atoms. The molecule has 0 aliphatic rings. The van der Waals surface area contributed by atoms with Crippen LogP contribution in [0.3, 0.4) is 0 Å². The van der Waals surface area contributed by atoms with E-state index < -0.39 is 11.6 Å². The van der Waals surface area contributed by atoms with Crippen LogP contribution >= 0.6 is 11.6 Å². The lowest BCUT2D eigenvalue weighted by Gasteiger charge is -2.06. The lowest BCUT2D eigenvalue weighted by molar-refractivity contribution is 0.547. The summed E-state index contributed by atoms with van der Waals surface area (Å²) in [5.41, 5.74) is 0.303. The molecule has 7 heteroatoms. The third-order valence-electron chi connectivity index (χ3n) is 2.25. The Balaban J connectivity index is 2.28. The summed E-state index contributed by atoms with van der Waals surface area (Å²) in [5.74, 6) is -0.807. The molecule has 2 rings (SSSR count). The van der Waals surface area contributed by atoms with Crippen LogP contribution in [0.4, 0.5) is 8.78 Å². The molecule has 0 N–H and O–H groups in total. The molecule has 0 saturated carbocycles. The second-order valence-electron chi connectivity index (χ2n) is 3.55. The van der Waals surface area contributed by atoms with Crippen molar-refractivity contribution in [2.75, 3.05) is 0 Å². The molecule has 2 aromatic rings. The normalized spacial score (nSPS) is 12.7. The summed E-state index contributed by atoms with van der Waals surface area (Å²) in [7, 11) is 0. The molecule has 0 aliphatic heterocycles. The topological polar surface area (TPSA) is 43.6 Å². The second-order valence-corrected chi connectivity index (χ2v) is 4.20. The minimum absolute atomic E-state index is 0.117. The van der Waals surface area contributed by atoms with E-state index in [1.165, 1.54) is 16.8 Å². The number of hydrogen-bond donors (Lipinski definition) is 0. The molecule has 90 valence electrons. The number of alkyl halides is 1. The molecule has 0 fully saturated rings. The lowest BCUT2D eigenvalue weighted by Crippen LogP contribution is -2.09. The van der Waals surface area contributed by atoms with Crippen LogP contribution in [-0.4, -0.2) is 20.2 Å². The van der Waals surface area contributed by atoms with Gasteiger partial charge >= 0.3 is 0 Å². The molecule has 1 atom stereocenters. The summed E-state index contributed by atoms with van der Waals surface area (Å²) in [4.78, 5) is 0. The first-order valence-electron chi connectivity index (χ1n) is 4.92. The molecule has 0 aliphatic carbocycles. The SMILES string of the molecule is CC(Cl)c1nnnn1Cc1ccc(F)cc1F. The number of benzene rings is 1. The predicted octanol–water partition coefficient (Wildman–Crippen LogP) is 2.30. The highest BCUT2D eigenvalue weighted by Crippen LogP contribution is 2.17. The monoisotopic (exact) mass is 258 g/mol. The maximum atomic E-state index is 13.4. The van der Waals surface area contributed by atoms with Crippen molar-refractivity contribution in [1.29, 1.82) is 0 Å². The van der Waals surface area contributed by atoms with Gasteiger partial charge in [0, 0.05) is 11.6 Å².